The van der Waals surface area contributed by atoms with Crippen LogP contribution in [0.3, 0.4) is 0 Å². The lowest BCUT2D eigenvalue weighted by molar-refractivity contribution is 1.41. The van der Waals surface area contributed by atoms with Crippen LogP contribution in [-0.2, 0) is 0 Å². The van der Waals surface area contributed by atoms with E-state index in [1.165, 1.54) is 16.2 Å². The largest absolute Gasteiger partial charge is 0.121 e. The molecule has 2 aromatic carbocycles. The van der Waals surface area contributed by atoms with Gasteiger partial charge in [-0.15, -0.1) is 5.73 Å². The lowest BCUT2D eigenvalue weighted by Gasteiger charge is -2.13. The molecule has 2 aromatic rings. The van der Waals surface area contributed by atoms with Crippen LogP contribution in [0.25, 0.3) is 0 Å². The molecule has 0 spiro atoms. The standard InChI is InChI=1S/C17H17P/c1-15(2)13-14-18(16-9-5-3-6-10-16)17-11-7-4-8-12-17/h3-12,14H,1-2H3. The Bertz CT molecular complexity index is 505. The normalized spacial score (nSPS) is 9.94. The van der Waals surface area contributed by atoms with Gasteiger partial charge in [-0.1, -0.05) is 60.7 Å². The lowest BCUT2D eigenvalue weighted by Crippen LogP contribution is -2.09. The van der Waals surface area contributed by atoms with E-state index in [0.29, 0.717) is 0 Å². The van der Waals surface area contributed by atoms with E-state index in [2.05, 4.69) is 86.1 Å². The van der Waals surface area contributed by atoms with Crippen LogP contribution in [0.2, 0.25) is 0 Å². The molecule has 0 amide bonds. The van der Waals surface area contributed by atoms with Crippen LogP contribution in [0.15, 0.2) is 77.8 Å². The smallest absolute Gasteiger partial charge is 0.00951 e. The van der Waals surface area contributed by atoms with Crippen LogP contribution in [0.4, 0.5) is 0 Å². The Balaban J connectivity index is 2.45. The van der Waals surface area contributed by atoms with Crippen molar-refractivity contribution in [2.45, 2.75) is 13.8 Å². The molecule has 0 N–H and O–H groups in total. The summed E-state index contributed by atoms with van der Waals surface area (Å²) < 4.78 is 0. The maximum Gasteiger partial charge on any atom is -0.00951 e. The predicted octanol–water partition coefficient (Wildman–Crippen LogP) is 4.20. The van der Waals surface area contributed by atoms with Gasteiger partial charge in [0.2, 0.25) is 0 Å². The van der Waals surface area contributed by atoms with Gasteiger partial charge in [-0.25, -0.2) is 0 Å². The van der Waals surface area contributed by atoms with Crippen molar-refractivity contribution in [3.8, 4) is 0 Å². The molecule has 0 unspecified atom stereocenters. The zero-order chi connectivity index (χ0) is 12.8. The lowest BCUT2D eigenvalue weighted by atomic mass is 10.4. The summed E-state index contributed by atoms with van der Waals surface area (Å²) in [4.78, 5) is 0. The average Bonchev–Trinajstić information content (AvgIpc) is 2.41. The summed E-state index contributed by atoms with van der Waals surface area (Å²) >= 11 is 0. The van der Waals surface area contributed by atoms with E-state index in [-0.39, 0.29) is 0 Å². The highest BCUT2D eigenvalue weighted by molar-refractivity contribution is 7.75. The average molecular weight is 252 g/mol. The fourth-order valence-corrected chi connectivity index (χ4v) is 3.64. The Kier molecular flexibility index (Phi) is 4.53. The quantitative estimate of drug-likeness (QED) is 0.567. The highest BCUT2D eigenvalue weighted by atomic mass is 31.1. The van der Waals surface area contributed by atoms with Gasteiger partial charge in [0, 0.05) is 0 Å². The Labute approximate surface area is 110 Å². The monoisotopic (exact) mass is 252 g/mol. The molecule has 0 radical (unpaired) electrons. The van der Waals surface area contributed by atoms with Gasteiger partial charge in [0.15, 0.2) is 0 Å². The minimum absolute atomic E-state index is 0.440. The van der Waals surface area contributed by atoms with Gasteiger partial charge >= 0.3 is 0 Å². The number of benzene rings is 2. The zero-order valence-corrected chi connectivity index (χ0v) is 11.7. The fourth-order valence-electron chi connectivity index (χ4n) is 1.67. The summed E-state index contributed by atoms with van der Waals surface area (Å²) in [6.45, 7) is 4.17. The first-order valence-corrected chi connectivity index (χ1v) is 7.48. The van der Waals surface area contributed by atoms with E-state index < -0.39 is 7.92 Å². The van der Waals surface area contributed by atoms with E-state index in [1.54, 1.807) is 0 Å². The first-order valence-electron chi connectivity index (χ1n) is 6.07. The van der Waals surface area contributed by atoms with Crippen molar-refractivity contribution < 1.29 is 0 Å². The first-order chi connectivity index (χ1) is 8.77. The Morgan fingerprint density at radius 1 is 0.833 bits per heavy atom. The van der Waals surface area contributed by atoms with Gasteiger partial charge in [0.05, 0.1) is 0 Å². The molecular formula is C17H17P. The second kappa shape index (κ2) is 6.36. The van der Waals surface area contributed by atoms with Gasteiger partial charge in [-0.05, 0) is 43.8 Å². The van der Waals surface area contributed by atoms with Gasteiger partial charge < -0.3 is 0 Å². The zero-order valence-electron chi connectivity index (χ0n) is 10.8. The van der Waals surface area contributed by atoms with Crippen molar-refractivity contribution in [3.63, 3.8) is 0 Å². The van der Waals surface area contributed by atoms with Gasteiger partial charge in [0.25, 0.3) is 0 Å². The van der Waals surface area contributed by atoms with E-state index in [9.17, 15) is 0 Å². The van der Waals surface area contributed by atoms with Crippen molar-refractivity contribution in [1.29, 1.82) is 0 Å². The minimum atomic E-state index is -0.440. The second-order valence-electron chi connectivity index (χ2n) is 4.31. The maximum atomic E-state index is 3.36. The van der Waals surface area contributed by atoms with Crippen LogP contribution in [-0.4, -0.2) is 0 Å². The van der Waals surface area contributed by atoms with Gasteiger partial charge in [-0.3, -0.25) is 0 Å². The molecular weight excluding hydrogens is 235 g/mol. The molecule has 0 aliphatic heterocycles. The summed E-state index contributed by atoms with van der Waals surface area (Å²) in [5.74, 6) is 2.22. The second-order valence-corrected chi connectivity index (χ2v) is 6.35. The van der Waals surface area contributed by atoms with Crippen molar-refractivity contribution in [2.24, 2.45) is 0 Å². The third-order valence-electron chi connectivity index (χ3n) is 2.55. The third-order valence-corrected chi connectivity index (χ3v) is 4.65. The third kappa shape index (κ3) is 3.44. The van der Waals surface area contributed by atoms with E-state index in [4.69, 9.17) is 0 Å². The summed E-state index contributed by atoms with van der Waals surface area (Å²) in [5, 5.41) is 2.74. The molecule has 18 heavy (non-hydrogen) atoms. The topological polar surface area (TPSA) is 0 Å². The van der Waals surface area contributed by atoms with E-state index in [0.717, 1.165) is 0 Å². The molecule has 0 aliphatic rings. The Morgan fingerprint density at radius 2 is 1.28 bits per heavy atom. The van der Waals surface area contributed by atoms with Crippen LogP contribution in [0.5, 0.6) is 0 Å². The summed E-state index contributed by atoms with van der Waals surface area (Å²) in [6.07, 6.45) is 0. The van der Waals surface area contributed by atoms with Crippen molar-refractivity contribution in [2.75, 3.05) is 0 Å². The van der Waals surface area contributed by atoms with Crippen LogP contribution < -0.4 is 10.6 Å². The Morgan fingerprint density at radius 3 is 1.67 bits per heavy atom. The van der Waals surface area contributed by atoms with Gasteiger partial charge in [-0.2, -0.15) is 0 Å². The summed E-state index contributed by atoms with van der Waals surface area (Å²) in [5.41, 5.74) is 4.58. The number of hydrogen-bond donors (Lipinski definition) is 0. The predicted molar refractivity (Wildman–Crippen MR) is 82.0 cm³/mol. The first kappa shape index (κ1) is 12.8. The van der Waals surface area contributed by atoms with Crippen molar-refractivity contribution >= 4 is 18.5 Å². The molecule has 0 bridgehead atoms. The highest BCUT2D eigenvalue weighted by Crippen LogP contribution is 2.34. The molecule has 2 rings (SSSR count). The summed E-state index contributed by atoms with van der Waals surface area (Å²) in [7, 11) is -0.440. The van der Waals surface area contributed by atoms with Crippen LogP contribution in [0.1, 0.15) is 13.8 Å². The van der Waals surface area contributed by atoms with E-state index >= 15 is 0 Å². The van der Waals surface area contributed by atoms with Gasteiger partial charge in [0.1, 0.15) is 0 Å². The Hall–Kier alpha value is -1.61. The summed E-state index contributed by atoms with van der Waals surface area (Å²) in [6, 6.07) is 21.3. The molecule has 0 fully saturated rings. The molecule has 0 heterocycles. The molecule has 0 aliphatic carbocycles. The number of rotatable bonds is 3. The molecule has 90 valence electrons. The van der Waals surface area contributed by atoms with Crippen molar-refractivity contribution in [1.82, 2.24) is 0 Å². The van der Waals surface area contributed by atoms with Crippen LogP contribution in [0, 0.1) is 0 Å². The maximum absolute atomic E-state index is 3.36. The minimum Gasteiger partial charge on any atom is -0.121 e. The fraction of sp³-hybridized carbons (Fsp3) is 0.118. The molecule has 0 aromatic heterocycles. The highest BCUT2D eigenvalue weighted by Gasteiger charge is 2.08. The van der Waals surface area contributed by atoms with Crippen LogP contribution >= 0.6 is 7.92 Å². The van der Waals surface area contributed by atoms with E-state index in [1.807, 2.05) is 0 Å². The molecule has 0 atom stereocenters. The SMILES string of the molecule is CC(C)=C=CP(c1ccccc1)c1ccccc1. The number of hydrogen-bond acceptors (Lipinski definition) is 0. The molecule has 0 saturated carbocycles. The molecule has 0 nitrogen and oxygen atoms in total. The molecule has 1 heteroatoms. The van der Waals surface area contributed by atoms with Crippen molar-refractivity contribution in [3.05, 3.63) is 77.8 Å². The number of allylic oxidation sites excluding steroid dienone is 1. The molecule has 0 saturated heterocycles.